The highest BCUT2D eigenvalue weighted by Crippen LogP contribution is 2.27. The number of nitrogens with zero attached hydrogens (tertiary/aromatic N) is 1. The molecule has 1 heterocycles. The molecule has 1 saturated heterocycles. The van der Waals surface area contributed by atoms with Crippen molar-refractivity contribution in [3.8, 4) is 0 Å². The molecule has 0 amide bonds. The zero-order chi connectivity index (χ0) is 14.4. The minimum Gasteiger partial charge on any atom is -0.381 e. The Morgan fingerprint density at radius 1 is 1.30 bits per heavy atom. The summed E-state index contributed by atoms with van der Waals surface area (Å²) in [6, 6.07) is 9.15. The van der Waals surface area contributed by atoms with Crippen LogP contribution in [0.4, 0.5) is 5.69 Å². The van der Waals surface area contributed by atoms with E-state index in [0.29, 0.717) is 6.04 Å². The van der Waals surface area contributed by atoms with Gasteiger partial charge >= 0.3 is 0 Å². The summed E-state index contributed by atoms with van der Waals surface area (Å²) >= 11 is 0. The molecule has 1 aromatic rings. The third-order valence-corrected chi connectivity index (χ3v) is 4.20. The zero-order valence-electron chi connectivity index (χ0n) is 13.1. The fourth-order valence-electron chi connectivity index (χ4n) is 3.03. The molecule has 112 valence electrons. The summed E-state index contributed by atoms with van der Waals surface area (Å²) in [5, 5.41) is 3.51. The monoisotopic (exact) mass is 276 g/mol. The summed E-state index contributed by atoms with van der Waals surface area (Å²) in [5.41, 5.74) is 2.75. The van der Waals surface area contributed by atoms with Crippen LogP contribution in [0.25, 0.3) is 0 Å². The minimum atomic E-state index is 0.397. The van der Waals surface area contributed by atoms with E-state index in [1.54, 1.807) is 0 Å². The maximum Gasteiger partial charge on any atom is 0.0469 e. The van der Waals surface area contributed by atoms with Crippen LogP contribution in [0.15, 0.2) is 24.3 Å². The van der Waals surface area contributed by atoms with Gasteiger partial charge in [-0.1, -0.05) is 25.1 Å². The van der Waals surface area contributed by atoms with E-state index in [1.165, 1.54) is 24.1 Å². The zero-order valence-corrected chi connectivity index (χ0v) is 13.1. The van der Waals surface area contributed by atoms with Gasteiger partial charge in [-0.3, -0.25) is 0 Å². The van der Waals surface area contributed by atoms with Gasteiger partial charge in [0.2, 0.25) is 0 Å². The third-order valence-electron chi connectivity index (χ3n) is 4.20. The molecule has 1 aliphatic rings. The lowest BCUT2D eigenvalue weighted by molar-refractivity contribution is 0.0685. The van der Waals surface area contributed by atoms with Gasteiger partial charge < -0.3 is 15.0 Å². The van der Waals surface area contributed by atoms with Gasteiger partial charge in [0.05, 0.1) is 0 Å². The first-order chi connectivity index (χ1) is 9.72. The van der Waals surface area contributed by atoms with Crippen molar-refractivity contribution in [2.24, 2.45) is 5.92 Å². The van der Waals surface area contributed by atoms with Crippen LogP contribution in [0, 0.1) is 5.92 Å². The largest absolute Gasteiger partial charge is 0.381 e. The maximum absolute atomic E-state index is 5.45. The van der Waals surface area contributed by atoms with Crippen LogP contribution < -0.4 is 10.2 Å². The Morgan fingerprint density at radius 3 is 2.70 bits per heavy atom. The average molecular weight is 276 g/mol. The first-order valence-electron chi connectivity index (χ1n) is 7.83. The lowest BCUT2D eigenvalue weighted by Gasteiger charge is -2.31. The molecule has 0 bridgehead atoms. The highest BCUT2D eigenvalue weighted by Gasteiger charge is 2.18. The normalized spacial score (nSPS) is 17.9. The van der Waals surface area contributed by atoms with Crippen molar-refractivity contribution in [3.63, 3.8) is 0 Å². The molecular formula is C17H28N2O. The van der Waals surface area contributed by atoms with Crippen LogP contribution in [0.5, 0.6) is 0 Å². The number of nitrogens with one attached hydrogen (secondary N) is 1. The molecule has 3 heteroatoms. The lowest BCUT2D eigenvalue weighted by atomic mass is 9.98. The molecule has 3 nitrogen and oxygen atoms in total. The summed E-state index contributed by atoms with van der Waals surface area (Å²) in [4.78, 5) is 2.42. The first kappa shape index (κ1) is 15.3. The average Bonchev–Trinajstić information content (AvgIpc) is 2.48. The Morgan fingerprint density at radius 2 is 2.00 bits per heavy atom. The van der Waals surface area contributed by atoms with Gasteiger partial charge in [0.25, 0.3) is 0 Å². The predicted octanol–water partition coefficient (Wildman–Crippen LogP) is 3.22. The Bertz CT molecular complexity index is 402. The van der Waals surface area contributed by atoms with Crippen molar-refractivity contribution in [1.82, 2.24) is 5.32 Å². The van der Waals surface area contributed by atoms with Crippen LogP contribution in [0.2, 0.25) is 0 Å². The van der Waals surface area contributed by atoms with Crippen molar-refractivity contribution in [3.05, 3.63) is 29.8 Å². The van der Waals surface area contributed by atoms with Gasteiger partial charge in [0.1, 0.15) is 0 Å². The Hall–Kier alpha value is -1.06. The van der Waals surface area contributed by atoms with Gasteiger partial charge in [-0.15, -0.1) is 0 Å². The molecule has 0 aliphatic carbocycles. The summed E-state index contributed by atoms with van der Waals surface area (Å²) < 4.78 is 5.45. The number of benzene rings is 1. The van der Waals surface area contributed by atoms with E-state index in [4.69, 9.17) is 4.74 Å². The second-order valence-electron chi connectivity index (χ2n) is 5.77. The number of hydrogen-bond acceptors (Lipinski definition) is 3. The summed E-state index contributed by atoms with van der Waals surface area (Å²) in [5.74, 6) is 0.760. The number of para-hydroxylation sites is 1. The van der Waals surface area contributed by atoms with E-state index in [1.807, 2.05) is 0 Å². The predicted molar refractivity (Wildman–Crippen MR) is 85.3 cm³/mol. The van der Waals surface area contributed by atoms with Crippen molar-refractivity contribution in [1.29, 1.82) is 0 Å². The molecule has 1 aromatic carbocycles. The van der Waals surface area contributed by atoms with Crippen LogP contribution in [0.1, 0.15) is 38.3 Å². The van der Waals surface area contributed by atoms with E-state index < -0.39 is 0 Å². The fraction of sp³-hybridized carbons (Fsp3) is 0.647. The van der Waals surface area contributed by atoms with Crippen LogP contribution >= 0.6 is 0 Å². The van der Waals surface area contributed by atoms with Crippen LogP contribution in [-0.2, 0) is 4.74 Å². The molecule has 0 spiro atoms. The number of ether oxygens (including phenoxy) is 1. The summed E-state index contributed by atoms with van der Waals surface area (Å²) in [6.07, 6.45) is 2.38. The van der Waals surface area contributed by atoms with Gasteiger partial charge in [-0.2, -0.15) is 0 Å². The summed E-state index contributed by atoms with van der Waals surface area (Å²) in [7, 11) is 2.22. The second kappa shape index (κ2) is 7.65. The standard InChI is InChI=1S/C17H28N2O/c1-4-18-14(2)16-7-5-6-8-17(16)19(3)13-15-9-11-20-12-10-15/h5-8,14-15,18H,4,9-13H2,1-3H3. The topological polar surface area (TPSA) is 24.5 Å². The highest BCUT2D eigenvalue weighted by molar-refractivity contribution is 5.54. The van der Waals surface area contributed by atoms with Crippen LogP contribution in [-0.4, -0.2) is 33.4 Å². The first-order valence-corrected chi connectivity index (χ1v) is 7.83. The Labute approximate surface area is 123 Å². The molecule has 2 rings (SSSR count). The molecule has 0 aromatic heterocycles. The van der Waals surface area contributed by atoms with E-state index in [-0.39, 0.29) is 0 Å². The molecular weight excluding hydrogens is 248 g/mol. The second-order valence-corrected chi connectivity index (χ2v) is 5.77. The Kier molecular flexibility index (Phi) is 5.86. The number of hydrogen-bond donors (Lipinski definition) is 1. The third kappa shape index (κ3) is 3.97. The van der Waals surface area contributed by atoms with Crippen LogP contribution in [0.3, 0.4) is 0 Å². The molecule has 0 saturated carbocycles. The van der Waals surface area contributed by atoms with Crippen molar-refractivity contribution < 1.29 is 4.74 Å². The van der Waals surface area contributed by atoms with E-state index in [0.717, 1.165) is 32.2 Å². The van der Waals surface area contributed by atoms with Gasteiger partial charge in [-0.25, -0.2) is 0 Å². The quantitative estimate of drug-likeness (QED) is 0.863. The molecule has 0 radical (unpaired) electrons. The molecule has 1 aliphatic heterocycles. The molecule has 1 N–H and O–H groups in total. The minimum absolute atomic E-state index is 0.397. The van der Waals surface area contributed by atoms with Crippen molar-refractivity contribution in [2.75, 3.05) is 38.3 Å². The molecule has 1 fully saturated rings. The summed E-state index contributed by atoms with van der Waals surface area (Å²) in [6.45, 7) is 8.37. The smallest absolute Gasteiger partial charge is 0.0469 e. The van der Waals surface area contributed by atoms with Gasteiger partial charge in [-0.05, 0) is 43.9 Å². The fourth-order valence-corrected chi connectivity index (χ4v) is 3.03. The molecule has 1 unspecified atom stereocenters. The van der Waals surface area contributed by atoms with Gasteiger partial charge in [0.15, 0.2) is 0 Å². The number of rotatable bonds is 6. The van der Waals surface area contributed by atoms with Crippen molar-refractivity contribution in [2.45, 2.75) is 32.7 Å². The van der Waals surface area contributed by atoms with Gasteiger partial charge in [0, 0.05) is 38.5 Å². The Balaban J connectivity index is 2.06. The van der Waals surface area contributed by atoms with E-state index in [2.05, 4.69) is 55.4 Å². The van der Waals surface area contributed by atoms with E-state index in [9.17, 15) is 0 Å². The van der Waals surface area contributed by atoms with E-state index >= 15 is 0 Å². The lowest BCUT2D eigenvalue weighted by Crippen LogP contribution is -2.31. The molecule has 20 heavy (non-hydrogen) atoms. The SMILES string of the molecule is CCNC(C)c1ccccc1N(C)CC1CCOCC1. The number of anilines is 1. The van der Waals surface area contributed by atoms with Crippen molar-refractivity contribution >= 4 is 5.69 Å². The molecule has 1 atom stereocenters. The highest BCUT2D eigenvalue weighted by atomic mass is 16.5. The maximum atomic E-state index is 5.45.